The zero-order chi connectivity index (χ0) is 16.6. The quantitative estimate of drug-likeness (QED) is 0.773. The van der Waals surface area contributed by atoms with E-state index < -0.39 is 5.60 Å². The summed E-state index contributed by atoms with van der Waals surface area (Å²) in [6.45, 7) is 0.190. The van der Waals surface area contributed by atoms with Crippen molar-refractivity contribution in [3.8, 4) is 0 Å². The van der Waals surface area contributed by atoms with Gasteiger partial charge in [-0.3, -0.25) is 9.78 Å². The van der Waals surface area contributed by atoms with E-state index in [2.05, 4.69) is 15.3 Å². The van der Waals surface area contributed by atoms with Crippen molar-refractivity contribution in [3.05, 3.63) is 71.5 Å². The summed E-state index contributed by atoms with van der Waals surface area (Å²) in [7, 11) is 0. The second kappa shape index (κ2) is 5.69. The zero-order valence-electron chi connectivity index (χ0n) is 13.1. The Morgan fingerprint density at radius 3 is 2.38 bits per heavy atom. The average molecular weight is 319 g/mol. The van der Waals surface area contributed by atoms with E-state index in [1.165, 1.54) is 6.20 Å². The maximum Gasteiger partial charge on any atom is 0.271 e. The molecule has 0 radical (unpaired) electrons. The molecule has 1 aliphatic carbocycles. The topological polar surface area (TPSA) is 75.1 Å². The fourth-order valence-electron chi connectivity index (χ4n) is 3.20. The molecule has 0 unspecified atom stereocenters. The molecule has 0 saturated carbocycles. The Labute approximate surface area is 139 Å². The molecule has 1 amide bonds. The highest BCUT2D eigenvalue weighted by Gasteiger charge is 2.35. The summed E-state index contributed by atoms with van der Waals surface area (Å²) in [5, 5.41) is 13.5. The normalized spacial score (nSPS) is 15.2. The van der Waals surface area contributed by atoms with Crippen LogP contribution in [0, 0.1) is 0 Å². The summed E-state index contributed by atoms with van der Waals surface area (Å²) in [5.74, 6) is -0.322. The van der Waals surface area contributed by atoms with E-state index in [1.54, 1.807) is 0 Å². The summed E-state index contributed by atoms with van der Waals surface area (Å²) in [4.78, 5) is 20.9. The number of benzene rings is 2. The highest BCUT2D eigenvalue weighted by Crippen LogP contribution is 2.29. The number of hydrogen-bond donors (Lipinski definition) is 2. The van der Waals surface area contributed by atoms with Crippen LogP contribution in [0.25, 0.3) is 11.0 Å². The van der Waals surface area contributed by atoms with Gasteiger partial charge in [0.1, 0.15) is 5.69 Å². The molecule has 1 heterocycles. The molecule has 3 aromatic rings. The Morgan fingerprint density at radius 2 is 1.67 bits per heavy atom. The van der Waals surface area contributed by atoms with E-state index >= 15 is 0 Å². The Kier molecular flexibility index (Phi) is 3.50. The lowest BCUT2D eigenvalue weighted by Crippen LogP contribution is -2.43. The molecule has 2 aromatic carbocycles. The summed E-state index contributed by atoms with van der Waals surface area (Å²) in [5.41, 5.74) is 3.02. The van der Waals surface area contributed by atoms with Crippen LogP contribution in [-0.4, -0.2) is 33.1 Å². The molecule has 1 aliphatic rings. The van der Waals surface area contributed by atoms with Crippen molar-refractivity contribution in [2.75, 3.05) is 6.54 Å². The molecule has 0 bridgehead atoms. The summed E-state index contributed by atoms with van der Waals surface area (Å²) in [6, 6.07) is 15.4. The van der Waals surface area contributed by atoms with E-state index in [0.29, 0.717) is 18.4 Å². The Balaban J connectivity index is 1.46. The van der Waals surface area contributed by atoms with Gasteiger partial charge in [0, 0.05) is 19.4 Å². The van der Waals surface area contributed by atoms with Crippen molar-refractivity contribution in [1.82, 2.24) is 15.3 Å². The molecule has 5 heteroatoms. The fraction of sp³-hybridized carbons (Fsp3) is 0.211. The molecule has 2 N–H and O–H groups in total. The third-order valence-corrected chi connectivity index (χ3v) is 4.42. The lowest BCUT2D eigenvalue weighted by atomic mass is 10.0. The molecule has 1 aromatic heterocycles. The Bertz CT molecular complexity index is 898. The number of aliphatic hydroxyl groups is 1. The molecule has 5 nitrogen and oxygen atoms in total. The van der Waals surface area contributed by atoms with E-state index in [0.717, 1.165) is 16.6 Å². The van der Waals surface area contributed by atoms with Gasteiger partial charge in [-0.2, -0.15) is 0 Å². The molecule has 120 valence electrons. The second-order valence-electron chi connectivity index (χ2n) is 6.27. The summed E-state index contributed by atoms with van der Waals surface area (Å²) >= 11 is 0. The first-order valence-electron chi connectivity index (χ1n) is 7.92. The highest BCUT2D eigenvalue weighted by atomic mass is 16.3. The predicted octanol–water partition coefficient (Wildman–Crippen LogP) is 1.89. The third kappa shape index (κ3) is 2.74. The minimum atomic E-state index is -0.941. The van der Waals surface area contributed by atoms with Crippen molar-refractivity contribution < 1.29 is 9.90 Å². The molecule has 0 aliphatic heterocycles. The molecule has 0 spiro atoms. The molecule has 0 fully saturated rings. The standard InChI is InChI=1S/C19H17N3O2/c23-18(17-11-20-15-7-3-4-8-16(15)22-17)21-12-19(24)9-13-5-1-2-6-14(13)10-19/h1-8,11,24H,9-10,12H2,(H,21,23). The predicted molar refractivity (Wildman–Crippen MR) is 90.7 cm³/mol. The van der Waals surface area contributed by atoms with Crippen LogP contribution in [0.5, 0.6) is 0 Å². The van der Waals surface area contributed by atoms with Gasteiger partial charge >= 0.3 is 0 Å². The van der Waals surface area contributed by atoms with Gasteiger partial charge in [0.25, 0.3) is 5.91 Å². The van der Waals surface area contributed by atoms with E-state index in [4.69, 9.17) is 0 Å². The van der Waals surface area contributed by atoms with Crippen LogP contribution in [0.4, 0.5) is 0 Å². The van der Waals surface area contributed by atoms with E-state index in [1.807, 2.05) is 48.5 Å². The van der Waals surface area contributed by atoms with Crippen LogP contribution < -0.4 is 5.32 Å². The molecular weight excluding hydrogens is 302 g/mol. The SMILES string of the molecule is O=C(NCC1(O)Cc2ccccc2C1)c1cnc2ccccc2n1. The van der Waals surface area contributed by atoms with Gasteiger partial charge in [0.05, 0.1) is 22.8 Å². The zero-order valence-corrected chi connectivity index (χ0v) is 13.1. The van der Waals surface area contributed by atoms with Crippen molar-refractivity contribution in [3.63, 3.8) is 0 Å². The highest BCUT2D eigenvalue weighted by molar-refractivity contribution is 5.93. The number of rotatable bonds is 3. The van der Waals surface area contributed by atoms with Crippen LogP contribution in [0.2, 0.25) is 0 Å². The van der Waals surface area contributed by atoms with Crippen molar-refractivity contribution in [2.24, 2.45) is 0 Å². The minimum Gasteiger partial charge on any atom is -0.387 e. The summed E-state index contributed by atoms with van der Waals surface area (Å²) < 4.78 is 0. The van der Waals surface area contributed by atoms with Gasteiger partial charge in [0.15, 0.2) is 0 Å². The van der Waals surface area contributed by atoms with Crippen molar-refractivity contribution >= 4 is 16.9 Å². The molecular formula is C19H17N3O2. The van der Waals surface area contributed by atoms with Gasteiger partial charge in [0.2, 0.25) is 0 Å². The monoisotopic (exact) mass is 319 g/mol. The lowest BCUT2D eigenvalue weighted by Gasteiger charge is -2.22. The van der Waals surface area contributed by atoms with E-state index in [9.17, 15) is 9.90 Å². The van der Waals surface area contributed by atoms with Crippen molar-refractivity contribution in [1.29, 1.82) is 0 Å². The largest absolute Gasteiger partial charge is 0.387 e. The Hall–Kier alpha value is -2.79. The van der Waals surface area contributed by atoms with E-state index in [-0.39, 0.29) is 18.1 Å². The van der Waals surface area contributed by atoms with Crippen LogP contribution in [0.1, 0.15) is 21.6 Å². The number of hydrogen-bond acceptors (Lipinski definition) is 4. The molecule has 4 rings (SSSR count). The van der Waals surface area contributed by atoms with Crippen LogP contribution >= 0.6 is 0 Å². The minimum absolute atomic E-state index is 0.190. The second-order valence-corrected chi connectivity index (χ2v) is 6.27. The summed E-state index contributed by atoms with van der Waals surface area (Å²) in [6.07, 6.45) is 2.56. The average Bonchev–Trinajstić information content (AvgIpc) is 2.96. The molecule has 0 atom stereocenters. The number of carbonyl (C=O) groups excluding carboxylic acids is 1. The number of amides is 1. The number of nitrogens with one attached hydrogen (secondary N) is 1. The maximum absolute atomic E-state index is 12.3. The van der Waals surface area contributed by atoms with Crippen molar-refractivity contribution in [2.45, 2.75) is 18.4 Å². The van der Waals surface area contributed by atoms with Gasteiger partial charge in [-0.05, 0) is 23.3 Å². The third-order valence-electron chi connectivity index (χ3n) is 4.42. The molecule has 24 heavy (non-hydrogen) atoms. The first-order chi connectivity index (χ1) is 11.6. The maximum atomic E-state index is 12.3. The Morgan fingerprint density at radius 1 is 1.04 bits per heavy atom. The van der Waals surface area contributed by atoms with Gasteiger partial charge in [-0.15, -0.1) is 0 Å². The van der Waals surface area contributed by atoms with Gasteiger partial charge in [-0.25, -0.2) is 4.98 Å². The first-order valence-corrected chi connectivity index (χ1v) is 7.92. The smallest absolute Gasteiger partial charge is 0.271 e. The number of aromatic nitrogens is 2. The first kappa shape index (κ1) is 14.8. The fourth-order valence-corrected chi connectivity index (χ4v) is 3.20. The van der Waals surface area contributed by atoms with Gasteiger partial charge < -0.3 is 10.4 Å². The number of fused-ring (bicyclic) bond motifs is 2. The lowest BCUT2D eigenvalue weighted by molar-refractivity contribution is 0.0478. The van der Waals surface area contributed by atoms with Crippen LogP contribution in [0.3, 0.4) is 0 Å². The number of carbonyl (C=O) groups is 1. The van der Waals surface area contributed by atoms with Crippen LogP contribution in [-0.2, 0) is 12.8 Å². The molecule has 0 saturated heterocycles. The number of para-hydroxylation sites is 2. The van der Waals surface area contributed by atoms with Gasteiger partial charge in [-0.1, -0.05) is 36.4 Å². The van der Waals surface area contributed by atoms with Crippen LogP contribution in [0.15, 0.2) is 54.7 Å². The number of nitrogens with zero attached hydrogens (tertiary/aromatic N) is 2.